The lowest BCUT2D eigenvalue weighted by atomic mass is 9.98. The Morgan fingerprint density at radius 1 is 1.47 bits per heavy atom. The van der Waals surface area contributed by atoms with Crippen molar-refractivity contribution in [2.45, 2.75) is 59.0 Å². The summed E-state index contributed by atoms with van der Waals surface area (Å²) in [6.45, 7) is 8.46. The van der Waals surface area contributed by atoms with E-state index in [9.17, 15) is 9.90 Å². The van der Waals surface area contributed by atoms with Crippen molar-refractivity contribution in [3.05, 3.63) is 0 Å². The third-order valence-electron chi connectivity index (χ3n) is 2.81. The number of rotatable bonds is 7. The Balaban J connectivity index is 3.96. The van der Waals surface area contributed by atoms with E-state index in [1.165, 1.54) is 0 Å². The highest BCUT2D eigenvalue weighted by Gasteiger charge is 2.28. The third kappa shape index (κ3) is 5.78. The lowest BCUT2D eigenvalue weighted by Gasteiger charge is -2.23. The predicted octanol–water partition coefficient (Wildman–Crippen LogP) is 2.09. The van der Waals surface area contributed by atoms with Crippen LogP contribution in [0.3, 0.4) is 0 Å². The van der Waals surface area contributed by atoms with Gasteiger partial charge in [-0.05, 0) is 19.3 Å². The van der Waals surface area contributed by atoms with Crippen molar-refractivity contribution in [3.8, 4) is 0 Å². The van der Waals surface area contributed by atoms with Crippen LogP contribution in [0.15, 0.2) is 0 Å². The molecule has 0 saturated carbocycles. The molecule has 0 saturated heterocycles. The first kappa shape index (κ1) is 14.4. The first-order valence-electron chi connectivity index (χ1n) is 5.94. The molecule has 0 aliphatic rings. The number of unbranched alkanes of at least 4 members (excludes halogenated alkanes) is 1. The van der Waals surface area contributed by atoms with E-state index in [2.05, 4.69) is 19.2 Å². The predicted molar refractivity (Wildman–Crippen MR) is 62.6 cm³/mol. The second-order valence-corrected chi connectivity index (χ2v) is 4.60. The molecule has 15 heavy (non-hydrogen) atoms. The molecule has 0 aromatic heterocycles. The Morgan fingerprint density at radius 3 is 2.53 bits per heavy atom. The van der Waals surface area contributed by atoms with Gasteiger partial charge in [-0.1, -0.05) is 40.0 Å². The Bertz CT molecular complexity index is 190. The summed E-state index contributed by atoms with van der Waals surface area (Å²) < 4.78 is 0. The van der Waals surface area contributed by atoms with Crippen molar-refractivity contribution in [2.75, 3.05) is 6.54 Å². The maximum absolute atomic E-state index is 11.6. The molecule has 0 bridgehead atoms. The van der Waals surface area contributed by atoms with Crippen LogP contribution < -0.4 is 5.32 Å². The van der Waals surface area contributed by atoms with Crippen LogP contribution in [0.4, 0.5) is 0 Å². The van der Waals surface area contributed by atoms with Crippen LogP contribution in [0.5, 0.6) is 0 Å². The number of carbonyl (C=O) groups is 1. The van der Waals surface area contributed by atoms with Gasteiger partial charge in [-0.2, -0.15) is 0 Å². The molecule has 0 fully saturated rings. The number of hydrogen-bond donors (Lipinski definition) is 2. The lowest BCUT2D eigenvalue weighted by Crippen LogP contribution is -2.45. The van der Waals surface area contributed by atoms with Crippen molar-refractivity contribution < 1.29 is 9.90 Å². The van der Waals surface area contributed by atoms with Crippen molar-refractivity contribution in [1.82, 2.24) is 5.32 Å². The van der Waals surface area contributed by atoms with Gasteiger partial charge in [0.15, 0.2) is 0 Å². The first-order chi connectivity index (χ1) is 6.94. The van der Waals surface area contributed by atoms with Gasteiger partial charge in [0.05, 0.1) is 0 Å². The Hall–Kier alpha value is -0.570. The highest BCUT2D eigenvalue weighted by Crippen LogP contribution is 2.13. The van der Waals surface area contributed by atoms with E-state index < -0.39 is 5.60 Å². The molecule has 2 atom stereocenters. The van der Waals surface area contributed by atoms with Crippen LogP contribution in [-0.4, -0.2) is 23.2 Å². The van der Waals surface area contributed by atoms with Gasteiger partial charge in [0.25, 0.3) is 5.91 Å². The quantitative estimate of drug-likeness (QED) is 0.683. The van der Waals surface area contributed by atoms with Crippen molar-refractivity contribution in [3.63, 3.8) is 0 Å². The molecule has 90 valence electrons. The van der Waals surface area contributed by atoms with Gasteiger partial charge in [-0.15, -0.1) is 0 Å². The minimum Gasteiger partial charge on any atom is -0.380 e. The normalized spacial score (nSPS) is 16.9. The number of hydrogen-bond acceptors (Lipinski definition) is 2. The summed E-state index contributed by atoms with van der Waals surface area (Å²) in [5, 5.41) is 12.7. The fourth-order valence-electron chi connectivity index (χ4n) is 1.24. The molecule has 1 amide bonds. The van der Waals surface area contributed by atoms with Gasteiger partial charge >= 0.3 is 0 Å². The van der Waals surface area contributed by atoms with Crippen molar-refractivity contribution in [2.24, 2.45) is 5.92 Å². The largest absolute Gasteiger partial charge is 0.380 e. The minimum absolute atomic E-state index is 0.240. The zero-order valence-electron chi connectivity index (χ0n) is 10.5. The van der Waals surface area contributed by atoms with Crippen LogP contribution in [0.2, 0.25) is 0 Å². The van der Waals surface area contributed by atoms with Gasteiger partial charge in [-0.25, -0.2) is 0 Å². The van der Waals surface area contributed by atoms with Gasteiger partial charge in [-0.3, -0.25) is 4.79 Å². The Labute approximate surface area is 93.3 Å². The molecule has 3 nitrogen and oxygen atoms in total. The highest BCUT2D eigenvalue weighted by atomic mass is 16.3. The monoisotopic (exact) mass is 215 g/mol. The zero-order valence-corrected chi connectivity index (χ0v) is 10.5. The average Bonchev–Trinajstić information content (AvgIpc) is 2.22. The second kappa shape index (κ2) is 6.83. The number of nitrogens with one attached hydrogen (secondary N) is 1. The molecule has 0 aromatic carbocycles. The molecule has 0 radical (unpaired) electrons. The molecular formula is C12H25NO2. The van der Waals surface area contributed by atoms with Crippen LogP contribution in [0.1, 0.15) is 53.4 Å². The summed E-state index contributed by atoms with van der Waals surface area (Å²) in [5.41, 5.74) is -1.20. The van der Waals surface area contributed by atoms with Crippen LogP contribution >= 0.6 is 0 Å². The third-order valence-corrected chi connectivity index (χ3v) is 2.81. The van der Waals surface area contributed by atoms with E-state index in [-0.39, 0.29) is 5.91 Å². The standard InChI is InChI=1S/C12H25NO2/c1-5-7-8-12(4,15)11(14)13-9-10(3)6-2/h10,15H,5-9H2,1-4H3,(H,13,14)/t10-,12?/m0/s1. The smallest absolute Gasteiger partial charge is 0.251 e. The van der Waals surface area contributed by atoms with Crippen LogP contribution in [0.25, 0.3) is 0 Å². The van der Waals surface area contributed by atoms with E-state index in [1.807, 2.05) is 6.92 Å². The van der Waals surface area contributed by atoms with Crippen LogP contribution in [-0.2, 0) is 4.79 Å². The second-order valence-electron chi connectivity index (χ2n) is 4.60. The van der Waals surface area contributed by atoms with E-state index in [1.54, 1.807) is 6.92 Å². The number of aliphatic hydroxyl groups is 1. The molecule has 0 aliphatic heterocycles. The van der Waals surface area contributed by atoms with E-state index in [4.69, 9.17) is 0 Å². The summed E-state index contributed by atoms with van der Waals surface area (Å²) in [4.78, 5) is 11.6. The number of carbonyl (C=O) groups excluding carboxylic acids is 1. The molecule has 0 spiro atoms. The molecule has 2 N–H and O–H groups in total. The molecule has 0 aromatic rings. The fraction of sp³-hybridized carbons (Fsp3) is 0.917. The summed E-state index contributed by atoms with van der Waals surface area (Å²) in [6, 6.07) is 0. The Morgan fingerprint density at radius 2 is 2.07 bits per heavy atom. The average molecular weight is 215 g/mol. The number of amides is 1. The first-order valence-corrected chi connectivity index (χ1v) is 5.94. The summed E-state index contributed by atoms with van der Waals surface area (Å²) in [6.07, 6.45) is 3.45. The summed E-state index contributed by atoms with van der Waals surface area (Å²) >= 11 is 0. The van der Waals surface area contributed by atoms with E-state index in [0.29, 0.717) is 18.9 Å². The maximum atomic E-state index is 11.6. The fourth-order valence-corrected chi connectivity index (χ4v) is 1.24. The van der Waals surface area contributed by atoms with Gasteiger partial charge < -0.3 is 10.4 Å². The van der Waals surface area contributed by atoms with E-state index in [0.717, 1.165) is 19.3 Å². The zero-order chi connectivity index (χ0) is 11.9. The lowest BCUT2D eigenvalue weighted by molar-refractivity contribution is -0.139. The van der Waals surface area contributed by atoms with Gasteiger partial charge in [0, 0.05) is 6.54 Å². The minimum atomic E-state index is -1.20. The molecule has 0 heterocycles. The van der Waals surface area contributed by atoms with Crippen LogP contribution in [0, 0.1) is 5.92 Å². The summed E-state index contributed by atoms with van der Waals surface area (Å²) in [5.74, 6) is 0.229. The van der Waals surface area contributed by atoms with Gasteiger partial charge in [0.1, 0.15) is 5.60 Å². The molecule has 0 aliphatic carbocycles. The molecule has 3 heteroatoms. The van der Waals surface area contributed by atoms with Gasteiger partial charge in [0.2, 0.25) is 0 Å². The topological polar surface area (TPSA) is 49.3 Å². The van der Waals surface area contributed by atoms with Crippen molar-refractivity contribution >= 4 is 5.91 Å². The highest BCUT2D eigenvalue weighted by molar-refractivity contribution is 5.84. The molecular weight excluding hydrogens is 190 g/mol. The maximum Gasteiger partial charge on any atom is 0.251 e. The van der Waals surface area contributed by atoms with Crippen molar-refractivity contribution in [1.29, 1.82) is 0 Å². The SMILES string of the molecule is CCCCC(C)(O)C(=O)NC[C@@H](C)CC. The van der Waals surface area contributed by atoms with E-state index >= 15 is 0 Å². The summed E-state index contributed by atoms with van der Waals surface area (Å²) in [7, 11) is 0. The molecule has 1 unspecified atom stereocenters. The molecule has 0 rings (SSSR count). The Kier molecular flexibility index (Phi) is 6.57.